The van der Waals surface area contributed by atoms with E-state index >= 15 is 0 Å². The molecule has 1 aliphatic rings. The number of benzene rings is 1. The van der Waals surface area contributed by atoms with E-state index in [0.29, 0.717) is 12.6 Å². The predicted molar refractivity (Wildman–Crippen MR) is 78.3 cm³/mol. The lowest BCUT2D eigenvalue weighted by atomic mass is 10.0. The summed E-state index contributed by atoms with van der Waals surface area (Å²) in [5, 5.41) is 3.04. The van der Waals surface area contributed by atoms with Gasteiger partial charge in [0, 0.05) is 18.8 Å². The summed E-state index contributed by atoms with van der Waals surface area (Å²) in [7, 11) is -1.25. The van der Waals surface area contributed by atoms with Crippen LogP contribution in [0.15, 0.2) is 23.1 Å². The molecule has 0 radical (unpaired) electrons. The molecule has 1 fully saturated rings. The number of rotatable bonds is 4. The zero-order chi connectivity index (χ0) is 14.8. The molecule has 6 heteroatoms. The van der Waals surface area contributed by atoms with Crippen molar-refractivity contribution in [2.45, 2.75) is 30.2 Å². The second kappa shape index (κ2) is 6.10. The molecule has 112 valence electrons. The van der Waals surface area contributed by atoms with Crippen molar-refractivity contribution in [2.24, 2.45) is 0 Å². The Kier molecular flexibility index (Phi) is 4.65. The number of piperidine rings is 1. The molecule has 1 unspecified atom stereocenters. The van der Waals surface area contributed by atoms with Crippen molar-refractivity contribution in [1.82, 2.24) is 4.90 Å². The lowest BCUT2D eigenvalue weighted by Gasteiger charge is -2.32. The van der Waals surface area contributed by atoms with Crippen molar-refractivity contribution in [3.8, 4) is 0 Å². The van der Waals surface area contributed by atoms with Crippen molar-refractivity contribution >= 4 is 15.5 Å². The molecule has 1 heterocycles. The smallest absolute Gasteiger partial charge is 0.175 e. The van der Waals surface area contributed by atoms with Crippen molar-refractivity contribution in [3.05, 3.63) is 24.0 Å². The first-order chi connectivity index (χ1) is 9.38. The Morgan fingerprint density at radius 3 is 2.80 bits per heavy atom. The standard InChI is InChI=1S/C14H21FN2O2S/c1-17-8-4-3-5-11(17)10-16-14-9-12(20(2,18)19)6-7-13(14)15/h6-7,9,11,16H,3-5,8,10H2,1-2H3. The van der Waals surface area contributed by atoms with Gasteiger partial charge in [-0.25, -0.2) is 12.8 Å². The highest BCUT2D eigenvalue weighted by Gasteiger charge is 2.19. The largest absolute Gasteiger partial charge is 0.381 e. The number of halogens is 1. The summed E-state index contributed by atoms with van der Waals surface area (Å²) < 4.78 is 36.7. The maximum absolute atomic E-state index is 13.7. The number of nitrogens with one attached hydrogen (secondary N) is 1. The van der Waals surface area contributed by atoms with Crippen LogP contribution in [0.4, 0.5) is 10.1 Å². The molecule has 4 nitrogen and oxygen atoms in total. The highest BCUT2D eigenvalue weighted by Crippen LogP contribution is 2.21. The average molecular weight is 300 g/mol. The lowest BCUT2D eigenvalue weighted by molar-refractivity contribution is 0.194. The van der Waals surface area contributed by atoms with Crippen LogP contribution < -0.4 is 5.32 Å². The molecule has 0 saturated carbocycles. The molecule has 0 spiro atoms. The minimum absolute atomic E-state index is 0.137. The van der Waals surface area contributed by atoms with E-state index in [2.05, 4.69) is 17.3 Å². The van der Waals surface area contributed by atoms with Gasteiger partial charge < -0.3 is 10.2 Å². The quantitative estimate of drug-likeness (QED) is 0.866. The highest BCUT2D eigenvalue weighted by atomic mass is 32.2. The first kappa shape index (κ1) is 15.3. The van der Waals surface area contributed by atoms with Crippen molar-refractivity contribution in [3.63, 3.8) is 0 Å². The van der Waals surface area contributed by atoms with E-state index in [9.17, 15) is 12.8 Å². The fraction of sp³-hybridized carbons (Fsp3) is 0.571. The third-order valence-electron chi connectivity index (χ3n) is 3.82. The van der Waals surface area contributed by atoms with Crippen LogP contribution in [0.25, 0.3) is 0 Å². The Hall–Kier alpha value is -1.14. The Morgan fingerprint density at radius 1 is 1.40 bits per heavy atom. The first-order valence-corrected chi connectivity index (χ1v) is 8.71. The Labute approximate surface area is 119 Å². The summed E-state index contributed by atoms with van der Waals surface area (Å²) in [4.78, 5) is 2.40. The Morgan fingerprint density at radius 2 is 2.15 bits per heavy atom. The van der Waals surface area contributed by atoms with Crippen molar-refractivity contribution in [2.75, 3.05) is 31.7 Å². The highest BCUT2D eigenvalue weighted by molar-refractivity contribution is 7.90. The van der Waals surface area contributed by atoms with Crippen molar-refractivity contribution < 1.29 is 12.8 Å². The molecule has 1 aromatic carbocycles. The van der Waals surface area contributed by atoms with Gasteiger partial charge in [0.1, 0.15) is 5.82 Å². The number of sulfone groups is 1. The fourth-order valence-electron chi connectivity index (χ4n) is 2.50. The molecule has 1 atom stereocenters. The third kappa shape index (κ3) is 3.70. The summed E-state index contributed by atoms with van der Waals surface area (Å²) in [5.74, 6) is -0.420. The van der Waals surface area contributed by atoms with Gasteiger partial charge in [-0.3, -0.25) is 0 Å². The van der Waals surface area contributed by atoms with Gasteiger partial charge in [-0.1, -0.05) is 6.42 Å². The minimum atomic E-state index is -3.31. The molecule has 20 heavy (non-hydrogen) atoms. The van der Waals surface area contributed by atoms with Gasteiger partial charge >= 0.3 is 0 Å². The van der Waals surface area contributed by atoms with E-state index in [1.54, 1.807) is 0 Å². The SMILES string of the molecule is CN1CCCCC1CNc1cc(S(C)(=O)=O)ccc1F. The molecule has 2 rings (SSSR count). The van der Waals surface area contributed by atoms with Gasteiger partial charge in [0.15, 0.2) is 9.84 Å². The van der Waals surface area contributed by atoms with Gasteiger partial charge in [0.2, 0.25) is 0 Å². The number of hydrogen-bond acceptors (Lipinski definition) is 4. The van der Waals surface area contributed by atoms with Crippen LogP contribution in [0.5, 0.6) is 0 Å². The van der Waals surface area contributed by atoms with Gasteiger partial charge in [-0.15, -0.1) is 0 Å². The molecule has 0 aromatic heterocycles. The van der Waals surface area contributed by atoms with Crippen LogP contribution in [0.2, 0.25) is 0 Å². The monoisotopic (exact) mass is 300 g/mol. The van der Waals surface area contributed by atoms with E-state index in [1.807, 2.05) is 0 Å². The number of anilines is 1. The van der Waals surface area contributed by atoms with Crippen LogP contribution in [0.3, 0.4) is 0 Å². The Bertz CT molecular complexity index is 575. The van der Waals surface area contributed by atoms with E-state index in [0.717, 1.165) is 19.2 Å². The lowest BCUT2D eigenvalue weighted by Crippen LogP contribution is -2.40. The van der Waals surface area contributed by atoms with E-state index in [4.69, 9.17) is 0 Å². The Balaban J connectivity index is 2.09. The third-order valence-corrected chi connectivity index (χ3v) is 4.93. The van der Waals surface area contributed by atoms with E-state index in [-0.39, 0.29) is 10.6 Å². The summed E-state index contributed by atoms with van der Waals surface area (Å²) in [6, 6.07) is 4.23. The predicted octanol–water partition coefficient (Wildman–Crippen LogP) is 2.13. The van der Waals surface area contributed by atoms with E-state index < -0.39 is 15.7 Å². The molecule has 1 saturated heterocycles. The molecule has 1 aliphatic heterocycles. The topological polar surface area (TPSA) is 49.4 Å². The first-order valence-electron chi connectivity index (χ1n) is 6.81. The van der Waals surface area contributed by atoms with Gasteiger partial charge in [0.05, 0.1) is 10.6 Å². The van der Waals surface area contributed by atoms with Crippen LogP contribution in [-0.4, -0.2) is 45.8 Å². The summed E-state index contributed by atoms with van der Waals surface area (Å²) in [5.41, 5.74) is 0.256. The van der Waals surface area contributed by atoms with Crippen LogP contribution in [0, 0.1) is 5.82 Å². The molecule has 0 aliphatic carbocycles. The zero-order valence-electron chi connectivity index (χ0n) is 11.9. The second-order valence-electron chi connectivity index (χ2n) is 5.42. The number of nitrogens with zero attached hydrogens (tertiary/aromatic N) is 1. The second-order valence-corrected chi connectivity index (χ2v) is 7.44. The minimum Gasteiger partial charge on any atom is -0.381 e. The van der Waals surface area contributed by atoms with Gasteiger partial charge in [-0.2, -0.15) is 0 Å². The maximum Gasteiger partial charge on any atom is 0.175 e. The number of hydrogen-bond donors (Lipinski definition) is 1. The maximum atomic E-state index is 13.7. The van der Waals surface area contributed by atoms with Gasteiger partial charge in [0.25, 0.3) is 0 Å². The molecular weight excluding hydrogens is 279 g/mol. The normalized spacial score (nSPS) is 20.9. The number of likely N-dealkylation sites (tertiary alicyclic amines) is 1. The average Bonchev–Trinajstić information content (AvgIpc) is 2.38. The zero-order valence-corrected chi connectivity index (χ0v) is 12.7. The molecule has 0 bridgehead atoms. The molecular formula is C14H21FN2O2S. The van der Waals surface area contributed by atoms with Gasteiger partial charge in [-0.05, 0) is 44.6 Å². The summed E-state index contributed by atoms with van der Waals surface area (Å²) in [6.07, 6.45) is 4.59. The van der Waals surface area contributed by atoms with Crippen LogP contribution >= 0.6 is 0 Å². The fourth-order valence-corrected chi connectivity index (χ4v) is 3.15. The number of likely N-dealkylation sites (N-methyl/N-ethyl adjacent to an activating group) is 1. The van der Waals surface area contributed by atoms with Crippen LogP contribution in [-0.2, 0) is 9.84 Å². The summed E-state index contributed by atoms with van der Waals surface area (Å²) in [6.45, 7) is 1.68. The van der Waals surface area contributed by atoms with Crippen molar-refractivity contribution in [1.29, 1.82) is 0 Å². The molecule has 1 aromatic rings. The molecule has 1 N–H and O–H groups in total. The summed E-state index contributed by atoms with van der Waals surface area (Å²) >= 11 is 0. The molecule has 0 amide bonds. The van der Waals surface area contributed by atoms with Crippen LogP contribution in [0.1, 0.15) is 19.3 Å². The van der Waals surface area contributed by atoms with E-state index in [1.165, 1.54) is 31.0 Å².